The lowest BCUT2D eigenvalue weighted by Gasteiger charge is -2.60. The summed E-state index contributed by atoms with van der Waals surface area (Å²) in [6, 6.07) is 0. The quantitative estimate of drug-likeness (QED) is 0.347. The molecular weight excluding hydrogens is 392 g/mol. The zero-order valence-corrected chi connectivity index (χ0v) is 20.1. The standard InChI is InChI=1S/C25H40N2O4/c1-15(26-29-5)23-22(27-30-6)14-21-19-8-7-17-13-18(31-16(2)28)9-11-24(17,3)20(19)10-12-25(21,23)4/h17-21,23H,7-14H2,1-6H3/b26-15+,27-22-/t17-,18-,19-,20+,21-,23+,24-,25-/m0/s1. The summed E-state index contributed by atoms with van der Waals surface area (Å²) in [6.45, 7) is 8.61. The van der Waals surface area contributed by atoms with E-state index < -0.39 is 0 Å². The summed E-state index contributed by atoms with van der Waals surface area (Å²) in [5.41, 5.74) is 2.67. The van der Waals surface area contributed by atoms with E-state index in [1.807, 2.05) is 0 Å². The first-order valence-electron chi connectivity index (χ1n) is 12.1. The van der Waals surface area contributed by atoms with Crippen molar-refractivity contribution in [3.8, 4) is 0 Å². The van der Waals surface area contributed by atoms with Crippen LogP contribution in [0.5, 0.6) is 0 Å². The van der Waals surface area contributed by atoms with E-state index in [1.165, 1.54) is 39.0 Å². The van der Waals surface area contributed by atoms with Gasteiger partial charge in [-0.05, 0) is 92.8 Å². The molecule has 4 aliphatic rings. The van der Waals surface area contributed by atoms with Crippen molar-refractivity contribution in [3.05, 3.63) is 0 Å². The second-order valence-corrected chi connectivity index (χ2v) is 11.0. The molecule has 4 fully saturated rings. The second-order valence-electron chi connectivity index (χ2n) is 11.0. The van der Waals surface area contributed by atoms with E-state index in [9.17, 15) is 4.79 Å². The van der Waals surface area contributed by atoms with Crippen LogP contribution in [-0.2, 0) is 19.2 Å². The Kier molecular flexibility index (Phi) is 6.12. The van der Waals surface area contributed by atoms with Crippen molar-refractivity contribution in [2.75, 3.05) is 14.2 Å². The molecule has 0 unspecified atom stereocenters. The van der Waals surface area contributed by atoms with Crippen molar-refractivity contribution in [1.29, 1.82) is 0 Å². The second kappa shape index (κ2) is 8.40. The lowest BCUT2D eigenvalue weighted by atomic mass is 9.44. The summed E-state index contributed by atoms with van der Waals surface area (Å²) in [4.78, 5) is 21.9. The summed E-state index contributed by atoms with van der Waals surface area (Å²) >= 11 is 0. The van der Waals surface area contributed by atoms with Gasteiger partial charge < -0.3 is 14.4 Å². The van der Waals surface area contributed by atoms with Crippen molar-refractivity contribution in [2.24, 2.45) is 50.7 Å². The minimum atomic E-state index is -0.134. The molecule has 4 rings (SSSR count). The predicted octanol–water partition coefficient (Wildman–Crippen LogP) is 5.21. The fourth-order valence-corrected chi connectivity index (χ4v) is 8.50. The Morgan fingerprint density at radius 3 is 2.39 bits per heavy atom. The van der Waals surface area contributed by atoms with Crippen molar-refractivity contribution >= 4 is 17.4 Å². The number of carbonyl (C=O) groups is 1. The van der Waals surface area contributed by atoms with Gasteiger partial charge in [0.2, 0.25) is 0 Å². The Bertz CT molecular complexity index is 765. The molecule has 0 N–H and O–H groups in total. The first-order chi connectivity index (χ1) is 14.7. The molecule has 0 aliphatic heterocycles. The maximum Gasteiger partial charge on any atom is 0.302 e. The summed E-state index contributed by atoms with van der Waals surface area (Å²) in [7, 11) is 3.27. The molecule has 8 atom stereocenters. The zero-order chi connectivity index (χ0) is 22.4. The summed E-state index contributed by atoms with van der Waals surface area (Å²) in [5.74, 6) is 2.79. The Morgan fingerprint density at radius 2 is 1.71 bits per heavy atom. The van der Waals surface area contributed by atoms with Crippen LogP contribution in [0, 0.1) is 40.4 Å². The third kappa shape index (κ3) is 3.68. The highest BCUT2D eigenvalue weighted by atomic mass is 16.6. The third-order valence-electron chi connectivity index (χ3n) is 9.67. The van der Waals surface area contributed by atoms with Crippen LogP contribution in [0.1, 0.15) is 79.1 Å². The molecule has 0 bridgehead atoms. The third-order valence-corrected chi connectivity index (χ3v) is 9.67. The van der Waals surface area contributed by atoms with Crippen molar-refractivity contribution < 1.29 is 19.2 Å². The Balaban J connectivity index is 1.60. The maximum absolute atomic E-state index is 11.5. The van der Waals surface area contributed by atoms with Gasteiger partial charge in [-0.25, -0.2) is 0 Å². The van der Waals surface area contributed by atoms with Crippen LogP contribution in [0.3, 0.4) is 0 Å². The Morgan fingerprint density at radius 1 is 0.968 bits per heavy atom. The topological polar surface area (TPSA) is 69.5 Å². The van der Waals surface area contributed by atoms with Gasteiger partial charge in [0.15, 0.2) is 0 Å². The number of carbonyl (C=O) groups excluding carboxylic acids is 1. The molecule has 4 aliphatic carbocycles. The molecule has 0 saturated heterocycles. The van der Waals surface area contributed by atoms with Gasteiger partial charge in [-0.15, -0.1) is 0 Å². The first kappa shape index (κ1) is 22.6. The van der Waals surface area contributed by atoms with Gasteiger partial charge in [-0.2, -0.15) is 0 Å². The van der Waals surface area contributed by atoms with Crippen LogP contribution >= 0.6 is 0 Å². The molecule has 0 spiro atoms. The fraction of sp³-hybridized carbons (Fsp3) is 0.880. The van der Waals surface area contributed by atoms with Crippen LogP contribution in [0.25, 0.3) is 0 Å². The van der Waals surface area contributed by atoms with Crippen molar-refractivity contribution in [1.82, 2.24) is 0 Å². The van der Waals surface area contributed by atoms with Gasteiger partial charge in [0, 0.05) is 12.8 Å². The van der Waals surface area contributed by atoms with E-state index in [1.54, 1.807) is 14.2 Å². The lowest BCUT2D eigenvalue weighted by Crippen LogP contribution is -2.54. The Labute approximate surface area is 187 Å². The molecule has 31 heavy (non-hydrogen) atoms. The molecule has 0 aromatic heterocycles. The molecule has 6 nitrogen and oxygen atoms in total. The van der Waals surface area contributed by atoms with Gasteiger partial charge in [-0.1, -0.05) is 24.2 Å². The van der Waals surface area contributed by atoms with E-state index in [4.69, 9.17) is 14.4 Å². The van der Waals surface area contributed by atoms with Crippen LogP contribution in [0.15, 0.2) is 10.3 Å². The number of ether oxygens (including phenoxy) is 1. The Hall–Kier alpha value is -1.59. The summed E-state index contributed by atoms with van der Waals surface area (Å²) in [6.07, 6.45) is 9.32. The van der Waals surface area contributed by atoms with Gasteiger partial charge in [-0.3, -0.25) is 4.79 Å². The largest absolute Gasteiger partial charge is 0.463 e. The molecule has 174 valence electrons. The van der Waals surface area contributed by atoms with Crippen LogP contribution in [0.4, 0.5) is 0 Å². The molecule has 0 amide bonds. The number of nitrogens with zero attached hydrogens (tertiary/aromatic N) is 2. The fourth-order valence-electron chi connectivity index (χ4n) is 8.50. The van der Waals surface area contributed by atoms with Crippen molar-refractivity contribution in [2.45, 2.75) is 85.2 Å². The normalized spacial score (nSPS) is 46.0. The predicted molar refractivity (Wildman–Crippen MR) is 121 cm³/mol. The highest BCUT2D eigenvalue weighted by Crippen LogP contribution is 2.67. The van der Waals surface area contributed by atoms with E-state index in [-0.39, 0.29) is 23.4 Å². The van der Waals surface area contributed by atoms with Gasteiger partial charge in [0.25, 0.3) is 0 Å². The molecule has 0 heterocycles. The van der Waals surface area contributed by atoms with Crippen molar-refractivity contribution in [3.63, 3.8) is 0 Å². The van der Waals surface area contributed by atoms with Gasteiger partial charge in [0.1, 0.15) is 20.3 Å². The number of hydrogen-bond acceptors (Lipinski definition) is 6. The number of rotatable bonds is 4. The molecule has 0 radical (unpaired) electrons. The number of esters is 1. The summed E-state index contributed by atoms with van der Waals surface area (Å²) < 4.78 is 5.62. The van der Waals surface area contributed by atoms with E-state index >= 15 is 0 Å². The smallest absolute Gasteiger partial charge is 0.302 e. The average Bonchev–Trinajstić information content (AvgIpc) is 3.00. The van der Waals surface area contributed by atoms with E-state index in [2.05, 4.69) is 31.1 Å². The van der Waals surface area contributed by atoms with Crippen LogP contribution in [-0.4, -0.2) is 37.7 Å². The first-order valence-corrected chi connectivity index (χ1v) is 12.1. The summed E-state index contributed by atoms with van der Waals surface area (Å²) in [5, 5.41) is 8.81. The van der Waals surface area contributed by atoms with Crippen LogP contribution < -0.4 is 0 Å². The van der Waals surface area contributed by atoms with E-state index in [0.29, 0.717) is 23.2 Å². The molecule has 0 aromatic rings. The SMILES string of the molecule is CO/N=C1/C[C@H]2[C@H]3CC[C@H]4C[C@@H](OC(C)=O)CC[C@]4(C)[C@@H]3CC[C@]2(C)[C@@H]1/C(C)=N/OC. The number of hydrogen-bond donors (Lipinski definition) is 0. The molecule has 6 heteroatoms. The van der Waals surface area contributed by atoms with Crippen LogP contribution in [0.2, 0.25) is 0 Å². The molecule has 0 aromatic carbocycles. The van der Waals surface area contributed by atoms with E-state index in [0.717, 1.165) is 36.6 Å². The highest BCUT2D eigenvalue weighted by molar-refractivity contribution is 6.08. The number of oxime groups is 2. The number of fused-ring (bicyclic) bond motifs is 5. The monoisotopic (exact) mass is 432 g/mol. The zero-order valence-electron chi connectivity index (χ0n) is 20.1. The lowest BCUT2D eigenvalue weighted by molar-refractivity contribution is -0.159. The minimum Gasteiger partial charge on any atom is -0.463 e. The highest BCUT2D eigenvalue weighted by Gasteiger charge is 2.62. The molecule has 4 saturated carbocycles. The van der Waals surface area contributed by atoms with Gasteiger partial charge in [0.05, 0.1) is 11.4 Å². The average molecular weight is 433 g/mol. The molecular formula is C25H40N2O4. The minimum absolute atomic E-state index is 0.116. The van der Waals surface area contributed by atoms with Gasteiger partial charge >= 0.3 is 5.97 Å². The maximum atomic E-state index is 11.5.